The van der Waals surface area contributed by atoms with Crippen LogP contribution in [0.4, 0.5) is 0 Å². The summed E-state index contributed by atoms with van der Waals surface area (Å²) in [6.07, 6.45) is 28.2. The van der Waals surface area contributed by atoms with Gasteiger partial charge in [0.2, 0.25) is 0 Å². The number of phosphoric ester groups is 1. The highest BCUT2D eigenvalue weighted by Gasteiger charge is 2.20. The molecule has 0 amide bonds. The standard InChI is InChI=1S/C36H74NO7P/c1-6-8-10-12-14-16-17-18-19-20-21-23-25-27-29-36(38)44-35(34-43-45(39,40)42-32-30-37(3,4)5)33-41-31-28-26-24-22-15-13-11-9-7-2/h35H,6-34H2,1-5H3. The Kier molecular flexibility index (Phi) is 30.5. The number of quaternary nitrogens is 1. The lowest BCUT2D eigenvalue weighted by atomic mass is 10.0. The molecule has 45 heavy (non-hydrogen) atoms. The Labute approximate surface area is 278 Å². The van der Waals surface area contributed by atoms with E-state index in [1.165, 1.54) is 116 Å². The molecule has 0 bridgehead atoms. The molecule has 0 rings (SSSR count). The van der Waals surface area contributed by atoms with Gasteiger partial charge in [-0.2, -0.15) is 0 Å². The molecule has 8 nitrogen and oxygen atoms in total. The predicted octanol–water partition coefficient (Wildman–Crippen LogP) is 9.52. The van der Waals surface area contributed by atoms with Gasteiger partial charge < -0.3 is 27.9 Å². The van der Waals surface area contributed by atoms with Gasteiger partial charge in [-0.15, -0.1) is 0 Å². The first-order valence-corrected chi connectivity index (χ1v) is 20.2. The number of esters is 1. The molecule has 0 heterocycles. The van der Waals surface area contributed by atoms with Crippen molar-refractivity contribution in [2.45, 2.75) is 174 Å². The Morgan fingerprint density at radius 2 is 1.02 bits per heavy atom. The van der Waals surface area contributed by atoms with Gasteiger partial charge in [0.15, 0.2) is 0 Å². The second-order valence-corrected chi connectivity index (χ2v) is 15.4. The number of rotatable bonds is 35. The minimum Gasteiger partial charge on any atom is -0.756 e. The smallest absolute Gasteiger partial charge is 0.306 e. The quantitative estimate of drug-likeness (QED) is 0.0288. The first-order valence-electron chi connectivity index (χ1n) is 18.8. The molecular formula is C36H74NO7P. The molecule has 0 aromatic rings. The maximum absolute atomic E-state index is 12.6. The zero-order chi connectivity index (χ0) is 33.5. The largest absolute Gasteiger partial charge is 0.756 e. The van der Waals surface area contributed by atoms with Crippen molar-refractivity contribution in [2.75, 3.05) is 54.1 Å². The van der Waals surface area contributed by atoms with Crippen molar-refractivity contribution < 1.29 is 37.3 Å². The van der Waals surface area contributed by atoms with Gasteiger partial charge in [-0.3, -0.25) is 9.36 Å². The normalized spacial score (nSPS) is 14.0. The van der Waals surface area contributed by atoms with E-state index in [9.17, 15) is 14.3 Å². The van der Waals surface area contributed by atoms with Gasteiger partial charge >= 0.3 is 5.97 Å². The summed E-state index contributed by atoms with van der Waals surface area (Å²) in [5, 5.41) is 0. The molecule has 9 heteroatoms. The van der Waals surface area contributed by atoms with Crippen LogP contribution in [0, 0.1) is 0 Å². The number of nitrogens with zero attached hydrogens (tertiary/aromatic N) is 1. The Hall–Kier alpha value is -0.500. The van der Waals surface area contributed by atoms with E-state index in [4.69, 9.17) is 18.5 Å². The van der Waals surface area contributed by atoms with E-state index in [1.807, 2.05) is 21.1 Å². The fourth-order valence-electron chi connectivity index (χ4n) is 5.19. The third-order valence-corrected chi connectivity index (χ3v) is 9.12. The van der Waals surface area contributed by atoms with Gasteiger partial charge in [0.25, 0.3) is 7.82 Å². The van der Waals surface area contributed by atoms with Crippen LogP contribution < -0.4 is 4.89 Å². The molecule has 2 unspecified atom stereocenters. The second-order valence-electron chi connectivity index (χ2n) is 14.0. The maximum atomic E-state index is 12.6. The monoisotopic (exact) mass is 664 g/mol. The number of carbonyl (C=O) groups excluding carboxylic acids is 1. The van der Waals surface area contributed by atoms with Gasteiger partial charge in [-0.05, 0) is 12.8 Å². The summed E-state index contributed by atoms with van der Waals surface area (Å²) in [4.78, 5) is 24.8. The van der Waals surface area contributed by atoms with Gasteiger partial charge in [0.1, 0.15) is 19.3 Å². The topological polar surface area (TPSA) is 94.1 Å². The predicted molar refractivity (Wildman–Crippen MR) is 185 cm³/mol. The molecule has 2 atom stereocenters. The molecule has 0 aliphatic rings. The molecule has 0 saturated heterocycles. The Morgan fingerprint density at radius 3 is 1.47 bits per heavy atom. The van der Waals surface area contributed by atoms with Crippen molar-refractivity contribution in [1.82, 2.24) is 0 Å². The van der Waals surface area contributed by atoms with Gasteiger partial charge in [-0.25, -0.2) is 0 Å². The first kappa shape index (κ1) is 44.5. The van der Waals surface area contributed by atoms with E-state index < -0.39 is 13.9 Å². The second kappa shape index (κ2) is 30.8. The van der Waals surface area contributed by atoms with Crippen molar-refractivity contribution in [3.05, 3.63) is 0 Å². The number of hydrogen-bond donors (Lipinski definition) is 0. The lowest BCUT2D eigenvalue weighted by Crippen LogP contribution is -2.37. The summed E-state index contributed by atoms with van der Waals surface area (Å²) < 4.78 is 34.3. The maximum Gasteiger partial charge on any atom is 0.306 e. The van der Waals surface area contributed by atoms with E-state index >= 15 is 0 Å². The average molecular weight is 664 g/mol. The molecule has 0 aliphatic carbocycles. The van der Waals surface area contributed by atoms with E-state index in [1.54, 1.807) is 0 Å². The highest BCUT2D eigenvalue weighted by molar-refractivity contribution is 7.45. The number of likely N-dealkylation sites (N-methyl/N-ethyl adjacent to an activating group) is 1. The lowest BCUT2D eigenvalue weighted by Gasteiger charge is -2.28. The van der Waals surface area contributed by atoms with E-state index in [-0.39, 0.29) is 25.8 Å². The van der Waals surface area contributed by atoms with Crippen molar-refractivity contribution in [1.29, 1.82) is 0 Å². The van der Waals surface area contributed by atoms with E-state index in [0.717, 1.165) is 32.1 Å². The Bertz CT molecular complexity index is 701. The molecule has 0 aliphatic heterocycles. The fourth-order valence-corrected chi connectivity index (χ4v) is 5.92. The minimum absolute atomic E-state index is 0.0307. The minimum atomic E-state index is -4.50. The summed E-state index contributed by atoms with van der Waals surface area (Å²) in [7, 11) is 1.37. The molecule has 0 saturated carbocycles. The van der Waals surface area contributed by atoms with Crippen LogP contribution in [0.3, 0.4) is 0 Å². The molecule has 0 N–H and O–H groups in total. The van der Waals surface area contributed by atoms with Crippen LogP contribution in [0.15, 0.2) is 0 Å². The van der Waals surface area contributed by atoms with Crippen molar-refractivity contribution >= 4 is 13.8 Å². The van der Waals surface area contributed by atoms with Crippen LogP contribution in [-0.4, -0.2) is 70.7 Å². The summed E-state index contributed by atoms with van der Waals surface area (Å²) in [6, 6.07) is 0. The summed E-state index contributed by atoms with van der Waals surface area (Å²) in [5.74, 6) is -0.333. The zero-order valence-corrected chi connectivity index (χ0v) is 31.2. The van der Waals surface area contributed by atoms with Crippen LogP contribution in [0.25, 0.3) is 0 Å². The number of ether oxygens (including phenoxy) is 2. The number of carbonyl (C=O) groups is 1. The van der Waals surface area contributed by atoms with Crippen LogP contribution in [0.2, 0.25) is 0 Å². The molecule has 0 spiro atoms. The molecular weight excluding hydrogens is 589 g/mol. The Morgan fingerprint density at radius 1 is 0.600 bits per heavy atom. The van der Waals surface area contributed by atoms with Gasteiger partial charge in [0.05, 0.1) is 34.4 Å². The fraction of sp³-hybridized carbons (Fsp3) is 0.972. The molecule has 0 fully saturated rings. The van der Waals surface area contributed by atoms with Crippen molar-refractivity contribution in [3.8, 4) is 0 Å². The highest BCUT2D eigenvalue weighted by Crippen LogP contribution is 2.38. The van der Waals surface area contributed by atoms with Gasteiger partial charge in [-0.1, -0.05) is 149 Å². The van der Waals surface area contributed by atoms with Crippen molar-refractivity contribution in [2.24, 2.45) is 0 Å². The van der Waals surface area contributed by atoms with E-state index in [2.05, 4.69) is 13.8 Å². The van der Waals surface area contributed by atoms with Gasteiger partial charge in [0, 0.05) is 13.0 Å². The summed E-state index contributed by atoms with van der Waals surface area (Å²) >= 11 is 0. The number of phosphoric acid groups is 1. The van der Waals surface area contributed by atoms with Crippen LogP contribution in [-0.2, 0) is 27.9 Å². The molecule has 0 radical (unpaired) electrons. The van der Waals surface area contributed by atoms with Crippen LogP contribution in [0.1, 0.15) is 168 Å². The highest BCUT2D eigenvalue weighted by atomic mass is 31.2. The molecule has 270 valence electrons. The number of unbranched alkanes of at least 4 members (excludes halogenated alkanes) is 21. The van der Waals surface area contributed by atoms with Crippen molar-refractivity contribution in [3.63, 3.8) is 0 Å². The first-order chi connectivity index (χ1) is 21.6. The summed E-state index contributed by atoms with van der Waals surface area (Å²) in [5.41, 5.74) is 0. The third-order valence-electron chi connectivity index (χ3n) is 8.16. The average Bonchev–Trinajstić information content (AvgIpc) is 2.98. The lowest BCUT2D eigenvalue weighted by molar-refractivity contribution is -0.870. The molecule has 0 aromatic carbocycles. The number of hydrogen-bond acceptors (Lipinski definition) is 7. The zero-order valence-electron chi connectivity index (χ0n) is 30.3. The molecule has 0 aromatic heterocycles. The Balaban J connectivity index is 4.26. The van der Waals surface area contributed by atoms with Crippen LogP contribution >= 0.6 is 7.82 Å². The SMILES string of the molecule is CCCCCCCCCCCCCCCCC(=O)OC(COCCCCCCCCCCC)COP(=O)([O-])OCC[N+](C)(C)C. The summed E-state index contributed by atoms with van der Waals surface area (Å²) in [6.45, 7) is 5.42. The third kappa shape index (κ3) is 34.6. The van der Waals surface area contributed by atoms with E-state index in [0.29, 0.717) is 24.1 Å². The van der Waals surface area contributed by atoms with Crippen LogP contribution in [0.5, 0.6) is 0 Å².